The smallest absolute Gasteiger partial charge is 0.500 e. The highest BCUT2D eigenvalue weighted by molar-refractivity contribution is 6.60. The lowest BCUT2D eigenvalue weighted by Gasteiger charge is -2.28. The molecule has 0 unspecified atom stereocenters. The summed E-state index contributed by atoms with van der Waals surface area (Å²) >= 11 is 0. The molecule has 0 bridgehead atoms. The van der Waals surface area contributed by atoms with E-state index in [0.29, 0.717) is 25.6 Å². The summed E-state index contributed by atoms with van der Waals surface area (Å²) in [5.41, 5.74) is 4.80. The van der Waals surface area contributed by atoms with Crippen molar-refractivity contribution in [3.8, 4) is 16.9 Å². The Morgan fingerprint density at radius 2 is 1.43 bits per heavy atom. The maximum atomic E-state index is 10.0. The van der Waals surface area contributed by atoms with Gasteiger partial charge in [0, 0.05) is 25.9 Å². The molecule has 0 fully saturated rings. The summed E-state index contributed by atoms with van der Waals surface area (Å²) < 4.78 is 17.9. The van der Waals surface area contributed by atoms with E-state index >= 15 is 0 Å². The SMILES string of the molecule is CCO[Si](CCCc1cc(O)ccc1-c1ccc(CC)cc1)(OCC)OCC. The lowest BCUT2D eigenvalue weighted by molar-refractivity contribution is 0.0708. The standard InChI is InChI=1S/C23H34O4Si/c1-5-19-11-13-20(14-12-19)23-16-15-22(24)18-21(23)10-9-17-28(25-6-2,26-7-3)27-8-4/h11-16,18,24H,5-10,17H2,1-4H3. The van der Waals surface area contributed by atoms with E-state index in [4.69, 9.17) is 13.3 Å². The van der Waals surface area contributed by atoms with E-state index in [9.17, 15) is 5.11 Å². The van der Waals surface area contributed by atoms with Crippen molar-refractivity contribution in [2.45, 2.75) is 53.0 Å². The van der Waals surface area contributed by atoms with Crippen LogP contribution < -0.4 is 0 Å². The lowest BCUT2D eigenvalue weighted by atomic mass is 9.95. The predicted molar refractivity (Wildman–Crippen MR) is 117 cm³/mol. The van der Waals surface area contributed by atoms with Gasteiger partial charge in [0.05, 0.1) is 0 Å². The van der Waals surface area contributed by atoms with Gasteiger partial charge >= 0.3 is 8.80 Å². The maximum absolute atomic E-state index is 10.0. The molecule has 0 aliphatic rings. The molecule has 2 aromatic carbocycles. The van der Waals surface area contributed by atoms with Crippen LogP contribution in [-0.4, -0.2) is 33.7 Å². The third kappa shape index (κ3) is 6.17. The zero-order valence-corrected chi connectivity index (χ0v) is 18.7. The molecule has 0 spiro atoms. The number of hydrogen-bond acceptors (Lipinski definition) is 4. The van der Waals surface area contributed by atoms with Gasteiger partial charge in [0.25, 0.3) is 0 Å². The van der Waals surface area contributed by atoms with E-state index in [1.165, 1.54) is 11.1 Å². The molecule has 0 amide bonds. The van der Waals surface area contributed by atoms with Gasteiger partial charge in [0.2, 0.25) is 0 Å². The number of aromatic hydroxyl groups is 1. The van der Waals surface area contributed by atoms with Crippen LogP contribution in [-0.2, 0) is 26.1 Å². The van der Waals surface area contributed by atoms with Crippen molar-refractivity contribution in [1.82, 2.24) is 0 Å². The van der Waals surface area contributed by atoms with Gasteiger partial charge < -0.3 is 18.4 Å². The molecule has 0 radical (unpaired) electrons. The molecule has 4 nitrogen and oxygen atoms in total. The normalized spacial score (nSPS) is 11.7. The molecule has 0 heterocycles. The van der Waals surface area contributed by atoms with Crippen molar-refractivity contribution in [2.75, 3.05) is 19.8 Å². The van der Waals surface area contributed by atoms with Crippen LogP contribution >= 0.6 is 0 Å². The number of aryl methyl sites for hydroxylation is 2. The zero-order valence-electron chi connectivity index (χ0n) is 17.7. The van der Waals surface area contributed by atoms with Gasteiger partial charge in [-0.15, -0.1) is 0 Å². The quantitative estimate of drug-likeness (QED) is 0.469. The Labute approximate surface area is 170 Å². The van der Waals surface area contributed by atoms with E-state index in [1.807, 2.05) is 32.9 Å². The van der Waals surface area contributed by atoms with E-state index in [1.54, 1.807) is 6.07 Å². The number of rotatable bonds is 12. The average molecular weight is 403 g/mol. The molecule has 0 aliphatic carbocycles. The summed E-state index contributed by atoms with van der Waals surface area (Å²) in [6.07, 6.45) is 2.75. The maximum Gasteiger partial charge on any atom is 0.500 e. The second-order valence-corrected chi connectivity index (χ2v) is 9.46. The van der Waals surface area contributed by atoms with Crippen molar-refractivity contribution in [1.29, 1.82) is 0 Å². The van der Waals surface area contributed by atoms with Gasteiger partial charge in [-0.25, -0.2) is 0 Å². The summed E-state index contributed by atoms with van der Waals surface area (Å²) in [6.45, 7) is 9.87. The van der Waals surface area contributed by atoms with Crippen LogP contribution in [0.4, 0.5) is 0 Å². The Morgan fingerprint density at radius 1 is 0.821 bits per heavy atom. The second-order valence-electron chi connectivity index (χ2n) is 6.73. The first kappa shape index (κ1) is 22.6. The molecule has 2 rings (SSSR count). The predicted octanol–water partition coefficient (Wildman–Crippen LogP) is 5.60. The van der Waals surface area contributed by atoms with E-state index in [2.05, 4.69) is 31.2 Å². The molecule has 0 aliphatic heterocycles. The Kier molecular flexibility index (Phi) is 9.18. The number of hydrogen-bond donors (Lipinski definition) is 1. The fourth-order valence-electron chi connectivity index (χ4n) is 3.49. The first-order valence-electron chi connectivity index (χ1n) is 10.4. The second kappa shape index (κ2) is 11.4. The van der Waals surface area contributed by atoms with Crippen molar-refractivity contribution in [2.24, 2.45) is 0 Å². The molecule has 0 saturated carbocycles. The third-order valence-electron chi connectivity index (χ3n) is 4.78. The molecule has 2 aromatic rings. The topological polar surface area (TPSA) is 47.9 Å². The summed E-state index contributed by atoms with van der Waals surface area (Å²) in [5.74, 6) is 0.298. The monoisotopic (exact) mass is 402 g/mol. The summed E-state index contributed by atoms with van der Waals surface area (Å²) in [4.78, 5) is 0. The van der Waals surface area contributed by atoms with Gasteiger partial charge in [0.15, 0.2) is 0 Å². The van der Waals surface area contributed by atoms with Gasteiger partial charge in [-0.1, -0.05) is 37.3 Å². The zero-order chi connectivity index (χ0) is 20.4. The highest BCUT2D eigenvalue weighted by Crippen LogP contribution is 2.30. The molecule has 0 saturated heterocycles. The van der Waals surface area contributed by atoms with Crippen LogP contribution in [0, 0.1) is 0 Å². The van der Waals surface area contributed by atoms with Gasteiger partial charge in [0.1, 0.15) is 5.75 Å². The van der Waals surface area contributed by atoms with Crippen LogP contribution in [0.1, 0.15) is 45.2 Å². The summed E-state index contributed by atoms with van der Waals surface area (Å²) in [5, 5.41) is 10.0. The molecule has 5 heteroatoms. The van der Waals surface area contributed by atoms with Crippen LogP contribution in [0.5, 0.6) is 5.75 Å². The van der Waals surface area contributed by atoms with Crippen molar-refractivity contribution < 1.29 is 18.4 Å². The van der Waals surface area contributed by atoms with Crippen LogP contribution in [0.15, 0.2) is 42.5 Å². The van der Waals surface area contributed by atoms with E-state index < -0.39 is 8.80 Å². The lowest BCUT2D eigenvalue weighted by Crippen LogP contribution is -2.46. The number of benzene rings is 2. The largest absolute Gasteiger partial charge is 0.508 e. The summed E-state index contributed by atoms with van der Waals surface area (Å²) in [7, 11) is -2.63. The minimum absolute atomic E-state index is 0.298. The average Bonchev–Trinajstić information content (AvgIpc) is 2.69. The van der Waals surface area contributed by atoms with Crippen molar-refractivity contribution in [3.05, 3.63) is 53.6 Å². The van der Waals surface area contributed by atoms with Crippen molar-refractivity contribution >= 4 is 8.80 Å². The van der Waals surface area contributed by atoms with Crippen molar-refractivity contribution in [3.63, 3.8) is 0 Å². The summed E-state index contributed by atoms with van der Waals surface area (Å²) in [6, 6.07) is 15.1. The molecule has 154 valence electrons. The van der Waals surface area contributed by atoms with Crippen LogP contribution in [0.2, 0.25) is 6.04 Å². The van der Waals surface area contributed by atoms with E-state index in [0.717, 1.165) is 36.4 Å². The number of phenols is 1. The molecular formula is C23H34O4Si. The van der Waals surface area contributed by atoms with Gasteiger partial charge in [-0.05, 0) is 74.4 Å². The highest BCUT2D eigenvalue weighted by atomic mass is 28.4. The Bertz CT molecular complexity index is 698. The fraction of sp³-hybridized carbons (Fsp3) is 0.478. The van der Waals surface area contributed by atoms with Gasteiger partial charge in [-0.3, -0.25) is 0 Å². The molecule has 0 atom stereocenters. The van der Waals surface area contributed by atoms with Crippen LogP contribution in [0.25, 0.3) is 11.1 Å². The van der Waals surface area contributed by atoms with E-state index in [-0.39, 0.29) is 0 Å². The van der Waals surface area contributed by atoms with Crippen LogP contribution in [0.3, 0.4) is 0 Å². The Balaban J connectivity index is 2.17. The molecule has 28 heavy (non-hydrogen) atoms. The van der Waals surface area contributed by atoms with Gasteiger partial charge in [-0.2, -0.15) is 0 Å². The Hall–Kier alpha value is -1.66. The Morgan fingerprint density at radius 3 is 1.96 bits per heavy atom. The minimum Gasteiger partial charge on any atom is -0.508 e. The molecular weight excluding hydrogens is 368 g/mol. The fourth-order valence-corrected chi connectivity index (χ4v) is 6.10. The molecule has 1 N–H and O–H groups in total. The number of phenolic OH excluding ortho intramolecular Hbond substituents is 1. The first-order valence-corrected chi connectivity index (χ1v) is 12.3. The minimum atomic E-state index is -2.63. The first-order chi connectivity index (χ1) is 13.6. The molecule has 0 aromatic heterocycles. The third-order valence-corrected chi connectivity index (χ3v) is 7.94. The highest BCUT2D eigenvalue weighted by Gasteiger charge is 2.39.